The van der Waals surface area contributed by atoms with Gasteiger partial charge in [0.2, 0.25) is 0 Å². The second kappa shape index (κ2) is 5.35. The molecule has 0 rings (SSSR count). The minimum atomic E-state index is -5.15. The average molecular weight is 279 g/mol. The van der Waals surface area contributed by atoms with Crippen LogP contribution >= 0.6 is 15.4 Å². The van der Waals surface area contributed by atoms with E-state index in [9.17, 15) is 13.9 Å². The van der Waals surface area contributed by atoms with Crippen LogP contribution in [0.25, 0.3) is 0 Å². The Bertz CT molecular complexity index is 343. The van der Waals surface area contributed by atoms with Crippen molar-refractivity contribution in [3.63, 3.8) is 0 Å². The molecule has 0 aromatic rings. The number of hydrogen-bond donors (Lipinski definition) is 6. The Morgan fingerprint density at radius 3 is 1.94 bits per heavy atom. The third-order valence-corrected chi connectivity index (χ3v) is 3.17. The maximum absolute atomic E-state index is 10.7. The van der Waals surface area contributed by atoms with Crippen molar-refractivity contribution in [2.24, 2.45) is 5.73 Å². The highest BCUT2D eigenvalue weighted by Crippen LogP contribution is 2.51. The van der Waals surface area contributed by atoms with Crippen molar-refractivity contribution < 1.29 is 43.1 Å². The predicted molar refractivity (Wildman–Crippen MR) is 49.2 cm³/mol. The summed E-state index contributed by atoms with van der Waals surface area (Å²) >= 11 is 0. The number of carboxylic acid groups (broad SMARTS) is 1. The normalized spacial score (nSPS) is 16.8. The molecule has 2 atom stereocenters. The van der Waals surface area contributed by atoms with Gasteiger partial charge in [0.15, 0.2) is 5.85 Å². The molecule has 0 saturated heterocycles. The number of hydrogen-bond acceptors (Lipinski definition) is 5. The minimum Gasteiger partial charge on any atom is -0.480 e. The fourth-order valence-electron chi connectivity index (χ4n) is 0.718. The van der Waals surface area contributed by atoms with Crippen molar-refractivity contribution in [2.45, 2.75) is 18.3 Å². The molecule has 96 valence electrons. The van der Waals surface area contributed by atoms with Gasteiger partial charge in [0.1, 0.15) is 6.04 Å². The van der Waals surface area contributed by atoms with E-state index < -0.39 is 39.7 Å². The zero-order valence-corrected chi connectivity index (χ0v) is 9.49. The number of carboxylic acids is 1. The fourth-order valence-corrected chi connectivity index (χ4v) is 2.48. The van der Waals surface area contributed by atoms with E-state index in [1.165, 1.54) is 0 Å². The lowest BCUT2D eigenvalue weighted by Gasteiger charge is -2.20. The highest BCUT2D eigenvalue weighted by molar-refractivity contribution is 7.53. The lowest BCUT2D eigenvalue weighted by Crippen LogP contribution is -2.34. The van der Waals surface area contributed by atoms with Gasteiger partial charge in [0, 0.05) is 6.42 Å². The van der Waals surface area contributed by atoms with Crippen LogP contribution in [-0.4, -0.2) is 42.5 Å². The maximum atomic E-state index is 10.7. The van der Waals surface area contributed by atoms with Gasteiger partial charge < -0.3 is 30.4 Å². The molecular formula is C4H11NO9P2. The number of rotatable bonds is 6. The molecule has 0 aliphatic rings. The molecule has 0 amide bonds. The molecule has 16 heavy (non-hydrogen) atoms. The van der Waals surface area contributed by atoms with Crippen molar-refractivity contribution in [2.75, 3.05) is 0 Å². The summed E-state index contributed by atoms with van der Waals surface area (Å²) in [7, 11) is -10.2. The molecule has 0 radical (unpaired) electrons. The molecule has 0 bridgehead atoms. The fraction of sp³-hybridized carbons (Fsp3) is 0.750. The molecule has 0 fully saturated rings. The Labute approximate surface area is 89.4 Å². The topological polar surface area (TPSA) is 188 Å². The van der Waals surface area contributed by atoms with Crippen LogP contribution in [0.5, 0.6) is 0 Å². The number of phosphoric ester groups is 1. The second-order valence-electron chi connectivity index (χ2n) is 2.82. The van der Waals surface area contributed by atoms with E-state index in [2.05, 4.69) is 4.52 Å². The molecule has 0 aliphatic carbocycles. The number of nitrogens with two attached hydrogens (primary N) is 1. The Morgan fingerprint density at radius 2 is 1.69 bits per heavy atom. The van der Waals surface area contributed by atoms with E-state index in [1.807, 2.05) is 0 Å². The monoisotopic (exact) mass is 279 g/mol. The molecule has 0 saturated carbocycles. The number of carbonyl (C=O) groups is 1. The molecular weight excluding hydrogens is 268 g/mol. The second-order valence-corrected chi connectivity index (χ2v) is 5.77. The first-order valence-electron chi connectivity index (χ1n) is 3.71. The van der Waals surface area contributed by atoms with Gasteiger partial charge >= 0.3 is 21.4 Å². The quantitative estimate of drug-likeness (QED) is 0.309. The first-order valence-corrected chi connectivity index (χ1v) is 6.92. The lowest BCUT2D eigenvalue weighted by atomic mass is 10.2. The first kappa shape index (κ1) is 15.7. The van der Waals surface area contributed by atoms with Crippen LogP contribution in [-0.2, 0) is 18.4 Å². The standard InChI is InChI=1S/C4H11NO9P2/c5-2(4(6)7)1-3(15(8,9)10)14-16(11,12)13/h2-3H,1,5H2,(H,6,7)(H2,8,9,10)(H2,11,12,13)/t2-,3-/m0/s1. The summed E-state index contributed by atoms with van der Waals surface area (Å²) in [5, 5.41) is 8.37. The zero-order chi connectivity index (χ0) is 13.1. The summed E-state index contributed by atoms with van der Waals surface area (Å²) in [5.41, 5.74) is 4.96. The summed E-state index contributed by atoms with van der Waals surface area (Å²) in [6.45, 7) is 0. The van der Waals surface area contributed by atoms with Crippen LogP contribution in [0.2, 0.25) is 0 Å². The van der Waals surface area contributed by atoms with Gasteiger partial charge in [0.05, 0.1) is 0 Å². The van der Waals surface area contributed by atoms with E-state index in [0.29, 0.717) is 0 Å². The van der Waals surface area contributed by atoms with E-state index in [-0.39, 0.29) is 0 Å². The molecule has 0 aliphatic heterocycles. The first-order chi connectivity index (χ1) is 6.93. The Balaban J connectivity index is 4.78. The summed E-state index contributed by atoms with van der Waals surface area (Å²) in [6.07, 6.45) is -0.926. The maximum Gasteiger partial charge on any atom is 0.470 e. The van der Waals surface area contributed by atoms with Crippen LogP contribution in [0.3, 0.4) is 0 Å². The van der Waals surface area contributed by atoms with Crippen LogP contribution in [0.15, 0.2) is 0 Å². The molecule has 0 heterocycles. The lowest BCUT2D eigenvalue weighted by molar-refractivity contribution is -0.139. The smallest absolute Gasteiger partial charge is 0.470 e. The van der Waals surface area contributed by atoms with E-state index in [4.69, 9.17) is 30.4 Å². The summed E-state index contributed by atoms with van der Waals surface area (Å²) in [4.78, 5) is 44.4. The minimum absolute atomic E-state index is 0.926. The molecule has 0 aromatic carbocycles. The van der Waals surface area contributed by atoms with Crippen LogP contribution in [0, 0.1) is 0 Å². The number of aliphatic carboxylic acids is 1. The van der Waals surface area contributed by atoms with Gasteiger partial charge in [-0.3, -0.25) is 13.9 Å². The van der Waals surface area contributed by atoms with Crippen molar-refractivity contribution in [3.8, 4) is 0 Å². The van der Waals surface area contributed by atoms with Gasteiger partial charge in [-0.05, 0) is 0 Å². The van der Waals surface area contributed by atoms with Crippen molar-refractivity contribution in [1.29, 1.82) is 0 Å². The molecule has 7 N–H and O–H groups in total. The van der Waals surface area contributed by atoms with Gasteiger partial charge in [-0.2, -0.15) is 0 Å². The van der Waals surface area contributed by atoms with Crippen LogP contribution in [0.4, 0.5) is 0 Å². The molecule has 10 nitrogen and oxygen atoms in total. The molecule has 0 unspecified atom stereocenters. The van der Waals surface area contributed by atoms with E-state index >= 15 is 0 Å². The van der Waals surface area contributed by atoms with Crippen LogP contribution < -0.4 is 5.73 Å². The van der Waals surface area contributed by atoms with Crippen molar-refractivity contribution in [1.82, 2.24) is 0 Å². The third-order valence-electron chi connectivity index (χ3n) is 1.41. The van der Waals surface area contributed by atoms with E-state index in [1.54, 1.807) is 0 Å². The Hall–Kier alpha value is -0.310. The summed E-state index contributed by atoms with van der Waals surface area (Å²) < 4.78 is 24.9. The summed E-state index contributed by atoms with van der Waals surface area (Å²) in [6, 6.07) is -1.70. The number of phosphoric acid groups is 1. The van der Waals surface area contributed by atoms with Gasteiger partial charge in [-0.1, -0.05) is 0 Å². The van der Waals surface area contributed by atoms with Crippen molar-refractivity contribution in [3.05, 3.63) is 0 Å². The van der Waals surface area contributed by atoms with Crippen molar-refractivity contribution >= 4 is 21.4 Å². The van der Waals surface area contributed by atoms with Gasteiger partial charge in [0.25, 0.3) is 0 Å². The largest absolute Gasteiger partial charge is 0.480 e. The summed E-state index contributed by atoms with van der Waals surface area (Å²) in [5.74, 6) is -3.84. The Kier molecular flexibility index (Phi) is 5.24. The SMILES string of the molecule is N[C@@H](C[C@@H](OP(=O)(O)O)P(=O)(O)O)C(=O)O. The molecule has 0 aromatic heterocycles. The predicted octanol–water partition coefficient (Wildman–Crippen LogP) is -1.60. The van der Waals surface area contributed by atoms with Gasteiger partial charge in [-0.25, -0.2) is 4.57 Å². The highest BCUT2D eigenvalue weighted by atomic mass is 31.2. The molecule has 12 heteroatoms. The van der Waals surface area contributed by atoms with Gasteiger partial charge in [-0.15, -0.1) is 0 Å². The molecule has 0 spiro atoms. The average Bonchev–Trinajstić information content (AvgIpc) is 1.98. The third kappa shape index (κ3) is 6.31. The highest BCUT2D eigenvalue weighted by Gasteiger charge is 2.38. The van der Waals surface area contributed by atoms with Crippen LogP contribution in [0.1, 0.15) is 6.42 Å². The Morgan fingerprint density at radius 1 is 1.25 bits per heavy atom. The van der Waals surface area contributed by atoms with E-state index in [0.717, 1.165) is 0 Å². The zero-order valence-electron chi connectivity index (χ0n) is 7.70.